The van der Waals surface area contributed by atoms with Crippen molar-refractivity contribution in [2.24, 2.45) is 0 Å². The zero-order chi connectivity index (χ0) is 63.1. The lowest BCUT2D eigenvalue weighted by molar-refractivity contribution is -0.359. The van der Waals surface area contributed by atoms with E-state index >= 15 is 0 Å². The molecule has 0 aromatic heterocycles. The molecule has 2 heterocycles. The van der Waals surface area contributed by atoms with E-state index in [1.165, 1.54) is 276 Å². The fourth-order valence-electron chi connectivity index (χ4n) is 12.5. The van der Waals surface area contributed by atoms with Crippen LogP contribution >= 0.6 is 0 Å². The number of unbranched alkanes of at least 4 members (excludes halogenated alkanes) is 47. The third kappa shape index (κ3) is 42.4. The molecule has 2 rings (SSSR count). The molecule has 2 saturated heterocycles. The van der Waals surface area contributed by atoms with E-state index in [2.05, 4.69) is 31.3 Å². The van der Waals surface area contributed by atoms with Crippen LogP contribution in [-0.2, 0) is 23.7 Å². The molecule has 0 aromatic carbocycles. The van der Waals surface area contributed by atoms with Gasteiger partial charge in [-0.15, -0.1) is 0 Å². The standard InChI is InChI=1S/C73H139NO13/c1-3-5-7-9-11-13-15-17-19-21-23-25-27-28-29-30-31-32-33-34-35-37-39-41-43-45-47-49-51-53-55-57-65(78)74-61(60-84-72-70(83)68(81)71(64(59-76)86-72)87-73-69(82)67(80)66(79)63(58-75)85-73)62(77)56-54-52-50-48-46-44-42-40-38-36-26-24-22-20-18-16-14-12-10-8-6-4-2/h21,23,54,56,61-64,66-73,75-77,79-83H,3-20,22,24-53,55,57-60H2,1-2H3,(H,74,78)/b23-21-,56-54+. The number of carbonyl (C=O) groups excluding carboxylic acids is 1. The van der Waals surface area contributed by atoms with Crippen molar-refractivity contribution in [3.8, 4) is 0 Å². The molecular formula is C73H139NO13. The maximum Gasteiger partial charge on any atom is 0.220 e. The molecule has 0 saturated carbocycles. The smallest absolute Gasteiger partial charge is 0.220 e. The van der Waals surface area contributed by atoms with Crippen LogP contribution in [0.2, 0.25) is 0 Å². The first-order valence-corrected chi connectivity index (χ1v) is 37.1. The predicted molar refractivity (Wildman–Crippen MR) is 355 cm³/mol. The number of rotatable bonds is 62. The third-order valence-corrected chi connectivity index (χ3v) is 18.4. The number of aliphatic hydroxyl groups is 8. The van der Waals surface area contributed by atoms with E-state index < -0.39 is 86.8 Å². The number of hydrogen-bond donors (Lipinski definition) is 9. The number of aliphatic hydroxyl groups excluding tert-OH is 8. The van der Waals surface area contributed by atoms with Crippen LogP contribution in [0.5, 0.6) is 0 Å². The van der Waals surface area contributed by atoms with Crippen molar-refractivity contribution in [3.05, 3.63) is 24.3 Å². The minimum absolute atomic E-state index is 0.232. The van der Waals surface area contributed by atoms with Crippen LogP contribution < -0.4 is 5.32 Å². The number of hydrogen-bond acceptors (Lipinski definition) is 13. The lowest BCUT2D eigenvalue weighted by Gasteiger charge is -2.46. The van der Waals surface area contributed by atoms with Crippen molar-refractivity contribution >= 4 is 5.91 Å². The zero-order valence-corrected chi connectivity index (χ0v) is 56.0. The summed E-state index contributed by atoms with van der Waals surface area (Å²) < 4.78 is 22.9. The molecule has 514 valence electrons. The van der Waals surface area contributed by atoms with Crippen molar-refractivity contribution in [1.29, 1.82) is 0 Å². The molecule has 1 amide bonds. The van der Waals surface area contributed by atoms with Gasteiger partial charge in [-0.1, -0.05) is 314 Å². The van der Waals surface area contributed by atoms with E-state index in [0.29, 0.717) is 6.42 Å². The Balaban J connectivity index is 1.64. The van der Waals surface area contributed by atoms with Gasteiger partial charge in [0.15, 0.2) is 12.6 Å². The maximum atomic E-state index is 13.3. The van der Waals surface area contributed by atoms with Gasteiger partial charge in [0.25, 0.3) is 0 Å². The highest BCUT2D eigenvalue weighted by molar-refractivity contribution is 5.76. The molecule has 14 heteroatoms. The summed E-state index contributed by atoms with van der Waals surface area (Å²) in [6.07, 6.45) is 56.7. The van der Waals surface area contributed by atoms with Crippen LogP contribution in [0, 0.1) is 0 Å². The normalized spacial score (nSPS) is 23.3. The van der Waals surface area contributed by atoms with E-state index in [1.807, 2.05) is 6.08 Å². The summed E-state index contributed by atoms with van der Waals surface area (Å²) in [5, 5.41) is 87.5. The molecular weight excluding hydrogens is 1100 g/mol. The molecule has 0 bridgehead atoms. The van der Waals surface area contributed by atoms with Crippen molar-refractivity contribution in [2.75, 3.05) is 19.8 Å². The van der Waals surface area contributed by atoms with Crippen LogP contribution in [0.15, 0.2) is 24.3 Å². The second-order valence-corrected chi connectivity index (χ2v) is 26.4. The van der Waals surface area contributed by atoms with Gasteiger partial charge < -0.3 is 65.1 Å². The Hall–Kier alpha value is -1.53. The number of carbonyl (C=O) groups is 1. The summed E-state index contributed by atoms with van der Waals surface area (Å²) in [5.41, 5.74) is 0. The first kappa shape index (κ1) is 81.6. The van der Waals surface area contributed by atoms with Crippen LogP contribution in [0.1, 0.15) is 341 Å². The fourth-order valence-corrected chi connectivity index (χ4v) is 12.5. The Kier molecular flexibility index (Phi) is 54.7. The molecule has 2 fully saturated rings. The lowest BCUT2D eigenvalue weighted by atomic mass is 9.97. The van der Waals surface area contributed by atoms with Gasteiger partial charge in [-0.3, -0.25) is 4.79 Å². The molecule has 0 aromatic rings. The van der Waals surface area contributed by atoms with E-state index in [0.717, 1.165) is 38.5 Å². The number of amides is 1. The largest absolute Gasteiger partial charge is 0.394 e. The molecule has 9 N–H and O–H groups in total. The number of ether oxygens (including phenoxy) is 4. The molecule has 0 radical (unpaired) electrons. The van der Waals surface area contributed by atoms with Crippen molar-refractivity contribution in [1.82, 2.24) is 5.32 Å². The van der Waals surface area contributed by atoms with Crippen molar-refractivity contribution in [3.63, 3.8) is 0 Å². The Bertz CT molecular complexity index is 1550. The molecule has 2 aliphatic rings. The van der Waals surface area contributed by atoms with Gasteiger partial charge in [0.05, 0.1) is 32.0 Å². The molecule has 12 atom stereocenters. The zero-order valence-electron chi connectivity index (χ0n) is 56.0. The van der Waals surface area contributed by atoms with Crippen LogP contribution in [0.4, 0.5) is 0 Å². The average molecular weight is 1240 g/mol. The highest BCUT2D eigenvalue weighted by Crippen LogP contribution is 2.30. The van der Waals surface area contributed by atoms with E-state index in [4.69, 9.17) is 18.9 Å². The second kappa shape index (κ2) is 58.3. The van der Waals surface area contributed by atoms with Crippen molar-refractivity contribution < 1.29 is 64.6 Å². The summed E-state index contributed by atoms with van der Waals surface area (Å²) in [5.74, 6) is -0.232. The first-order chi connectivity index (χ1) is 42.6. The van der Waals surface area contributed by atoms with Crippen LogP contribution in [-0.4, -0.2) is 140 Å². The van der Waals surface area contributed by atoms with Gasteiger partial charge in [-0.25, -0.2) is 0 Å². The second-order valence-electron chi connectivity index (χ2n) is 26.4. The van der Waals surface area contributed by atoms with Gasteiger partial charge in [-0.2, -0.15) is 0 Å². The molecule has 2 aliphatic heterocycles. The monoisotopic (exact) mass is 1240 g/mol. The van der Waals surface area contributed by atoms with Crippen LogP contribution in [0.3, 0.4) is 0 Å². The lowest BCUT2D eigenvalue weighted by Crippen LogP contribution is -2.65. The van der Waals surface area contributed by atoms with E-state index in [9.17, 15) is 45.6 Å². The van der Waals surface area contributed by atoms with Gasteiger partial charge in [-0.05, 0) is 44.9 Å². The average Bonchev–Trinajstić information content (AvgIpc) is 2.33. The minimum Gasteiger partial charge on any atom is -0.394 e. The Morgan fingerprint density at radius 1 is 0.402 bits per heavy atom. The summed E-state index contributed by atoms with van der Waals surface area (Å²) in [7, 11) is 0. The molecule has 14 nitrogen and oxygen atoms in total. The van der Waals surface area contributed by atoms with E-state index in [1.54, 1.807) is 6.08 Å². The first-order valence-electron chi connectivity index (χ1n) is 37.1. The van der Waals surface area contributed by atoms with E-state index in [-0.39, 0.29) is 18.9 Å². The van der Waals surface area contributed by atoms with Gasteiger partial charge in [0, 0.05) is 6.42 Å². The Labute approximate surface area is 532 Å². The van der Waals surface area contributed by atoms with Crippen molar-refractivity contribution in [2.45, 2.75) is 415 Å². The number of nitrogens with one attached hydrogen (secondary N) is 1. The minimum atomic E-state index is -1.79. The SMILES string of the molecule is CCCCCCCCCC/C=C\CCCCCCCCCCCCCCCCCCCCCC(=O)NC(COC1OC(CO)C(OC2OC(CO)C(O)C(O)C2O)C(O)C1O)C(O)/C=C/CCCCCCCCCCCCCCCCCCCCCC. The quantitative estimate of drug-likeness (QED) is 0.0204. The van der Waals surface area contributed by atoms with Gasteiger partial charge in [0.2, 0.25) is 5.91 Å². The third-order valence-electron chi connectivity index (χ3n) is 18.4. The van der Waals surface area contributed by atoms with Gasteiger partial charge >= 0.3 is 0 Å². The Morgan fingerprint density at radius 2 is 0.724 bits per heavy atom. The molecule has 0 spiro atoms. The Morgan fingerprint density at radius 3 is 1.09 bits per heavy atom. The summed E-state index contributed by atoms with van der Waals surface area (Å²) >= 11 is 0. The molecule has 0 aliphatic carbocycles. The summed E-state index contributed by atoms with van der Waals surface area (Å²) in [6, 6.07) is -0.913. The highest BCUT2D eigenvalue weighted by atomic mass is 16.7. The molecule has 12 unspecified atom stereocenters. The molecule has 87 heavy (non-hydrogen) atoms. The topological polar surface area (TPSA) is 228 Å². The summed E-state index contributed by atoms with van der Waals surface area (Å²) in [6.45, 7) is 2.86. The highest BCUT2D eigenvalue weighted by Gasteiger charge is 2.51. The predicted octanol–water partition coefficient (Wildman–Crippen LogP) is 15.5. The summed E-state index contributed by atoms with van der Waals surface area (Å²) in [4.78, 5) is 13.3. The number of allylic oxidation sites excluding steroid dienone is 3. The fraction of sp³-hybridized carbons (Fsp3) is 0.932. The maximum absolute atomic E-state index is 13.3. The van der Waals surface area contributed by atoms with Gasteiger partial charge in [0.1, 0.15) is 48.8 Å². The van der Waals surface area contributed by atoms with Crippen LogP contribution in [0.25, 0.3) is 0 Å².